The number of aliphatic hydroxyl groups is 1. The molecule has 37 heavy (non-hydrogen) atoms. The van der Waals surface area contributed by atoms with Crippen LogP contribution >= 0.6 is 23.3 Å². The van der Waals surface area contributed by atoms with Crippen molar-refractivity contribution in [1.29, 1.82) is 0 Å². The molecule has 1 N–H and O–H groups in total. The van der Waals surface area contributed by atoms with Gasteiger partial charge in [0.25, 0.3) is 5.79 Å². The average molecular weight is 535 g/mol. The first-order valence-corrected chi connectivity index (χ1v) is 13.0. The average Bonchev–Trinajstić information content (AvgIpc) is 3.61. The number of cyclic esters (lactones) is 1. The lowest BCUT2D eigenvalue weighted by molar-refractivity contribution is -0.185. The third kappa shape index (κ3) is 4.14. The molecule has 2 aromatic heterocycles. The molecule has 1 atom stereocenters. The molecule has 0 amide bonds. The first-order valence-electron chi connectivity index (χ1n) is 11.5. The quantitative estimate of drug-likeness (QED) is 0.290. The van der Waals surface area contributed by atoms with Crippen molar-refractivity contribution in [1.82, 2.24) is 18.3 Å². The van der Waals surface area contributed by atoms with Crippen LogP contribution in [0, 0.1) is 5.82 Å². The van der Waals surface area contributed by atoms with Gasteiger partial charge in [-0.25, -0.2) is 9.18 Å². The standard InChI is InChI=1S/C26H19FN4O4S2/c1-2-9-34-22-8-5-16(13-18(22)27)26(33)17(10-14-3-6-20-23(11-14)36-31-28-20)24(25(32)35-26)15-4-7-19-21(12-15)30-37-29-19/h3-8,11-13,33H,2,9-10H2,1H3. The highest BCUT2D eigenvalue weighted by Gasteiger charge is 2.48. The number of hydrogen-bond acceptors (Lipinski definition) is 10. The summed E-state index contributed by atoms with van der Waals surface area (Å²) in [4.78, 5) is 13.3. The largest absolute Gasteiger partial charge is 0.491 e. The Morgan fingerprint density at radius 2 is 1.89 bits per heavy atom. The summed E-state index contributed by atoms with van der Waals surface area (Å²) in [6, 6.07) is 14.9. The molecular weight excluding hydrogens is 515 g/mol. The second-order valence-electron chi connectivity index (χ2n) is 8.60. The van der Waals surface area contributed by atoms with Crippen molar-refractivity contribution in [2.45, 2.75) is 25.6 Å². The molecule has 0 bridgehead atoms. The Bertz CT molecular complexity index is 1700. The van der Waals surface area contributed by atoms with E-state index in [1.807, 2.05) is 25.1 Å². The zero-order valence-corrected chi connectivity index (χ0v) is 21.1. The molecule has 1 aliphatic rings. The van der Waals surface area contributed by atoms with Gasteiger partial charge in [-0.15, -0.1) is 5.10 Å². The zero-order valence-electron chi connectivity index (χ0n) is 19.5. The number of carbonyl (C=O) groups is 1. The molecule has 6 rings (SSSR count). The first kappa shape index (κ1) is 23.6. The normalized spacial score (nSPS) is 17.6. The summed E-state index contributed by atoms with van der Waals surface area (Å²) in [7, 11) is 0. The Morgan fingerprint density at radius 3 is 2.73 bits per heavy atom. The molecular formula is C26H19FN4O4S2. The molecule has 11 heteroatoms. The Balaban J connectivity index is 1.50. The maximum absolute atomic E-state index is 14.9. The Kier molecular flexibility index (Phi) is 5.90. The third-order valence-corrected chi connectivity index (χ3v) is 7.42. The van der Waals surface area contributed by atoms with Crippen molar-refractivity contribution in [3.63, 3.8) is 0 Å². The molecule has 0 spiro atoms. The Morgan fingerprint density at radius 1 is 1.05 bits per heavy atom. The molecule has 8 nitrogen and oxygen atoms in total. The van der Waals surface area contributed by atoms with Crippen molar-refractivity contribution in [2.24, 2.45) is 0 Å². The van der Waals surface area contributed by atoms with Crippen LogP contribution in [0.4, 0.5) is 4.39 Å². The van der Waals surface area contributed by atoms with Crippen LogP contribution in [-0.4, -0.2) is 36.0 Å². The summed E-state index contributed by atoms with van der Waals surface area (Å²) in [5, 5.41) is 15.9. The van der Waals surface area contributed by atoms with E-state index < -0.39 is 17.6 Å². The predicted molar refractivity (Wildman–Crippen MR) is 138 cm³/mol. The molecule has 3 aromatic carbocycles. The minimum absolute atomic E-state index is 0.0638. The molecule has 0 saturated carbocycles. The lowest BCUT2D eigenvalue weighted by Gasteiger charge is -2.26. The number of hydrogen-bond donors (Lipinski definition) is 1. The van der Waals surface area contributed by atoms with E-state index in [2.05, 4.69) is 18.3 Å². The van der Waals surface area contributed by atoms with Gasteiger partial charge in [-0.1, -0.05) is 23.5 Å². The fourth-order valence-electron chi connectivity index (χ4n) is 4.39. The van der Waals surface area contributed by atoms with Crippen molar-refractivity contribution in [2.75, 3.05) is 6.61 Å². The maximum atomic E-state index is 14.9. The lowest BCUT2D eigenvalue weighted by atomic mass is 9.88. The van der Waals surface area contributed by atoms with Gasteiger partial charge in [0.05, 0.1) is 28.6 Å². The monoisotopic (exact) mass is 534 g/mol. The number of aromatic nitrogens is 4. The summed E-state index contributed by atoms with van der Waals surface area (Å²) < 4.78 is 39.3. The zero-order chi connectivity index (χ0) is 25.6. The highest BCUT2D eigenvalue weighted by molar-refractivity contribution is 7.12. The molecule has 0 radical (unpaired) electrons. The minimum Gasteiger partial charge on any atom is -0.491 e. The van der Waals surface area contributed by atoms with Gasteiger partial charge in [-0.05, 0) is 71.5 Å². The molecule has 0 fully saturated rings. The predicted octanol–water partition coefficient (Wildman–Crippen LogP) is 5.02. The van der Waals surface area contributed by atoms with Gasteiger partial charge in [0.1, 0.15) is 16.6 Å². The molecule has 5 aromatic rings. The van der Waals surface area contributed by atoms with Crippen LogP contribution in [0.1, 0.15) is 30.0 Å². The minimum atomic E-state index is -2.19. The van der Waals surface area contributed by atoms with Gasteiger partial charge in [-0.2, -0.15) is 8.75 Å². The van der Waals surface area contributed by atoms with Gasteiger partial charge in [0.15, 0.2) is 11.6 Å². The molecule has 0 saturated heterocycles. The van der Waals surface area contributed by atoms with Gasteiger partial charge >= 0.3 is 5.97 Å². The number of ether oxygens (including phenoxy) is 2. The van der Waals surface area contributed by atoms with E-state index in [-0.39, 0.29) is 23.3 Å². The van der Waals surface area contributed by atoms with E-state index in [1.54, 1.807) is 18.2 Å². The third-order valence-electron chi connectivity index (χ3n) is 6.18. The molecule has 1 aliphatic heterocycles. The second kappa shape index (κ2) is 9.25. The van der Waals surface area contributed by atoms with Crippen LogP contribution in [-0.2, 0) is 21.7 Å². The van der Waals surface area contributed by atoms with Crippen LogP contribution in [0.5, 0.6) is 5.75 Å². The highest BCUT2D eigenvalue weighted by Crippen LogP contribution is 2.45. The van der Waals surface area contributed by atoms with Crippen molar-refractivity contribution in [3.8, 4) is 5.75 Å². The number of fused-ring (bicyclic) bond motifs is 2. The number of benzene rings is 3. The van der Waals surface area contributed by atoms with Crippen LogP contribution in [0.15, 0.2) is 60.2 Å². The van der Waals surface area contributed by atoms with E-state index in [1.165, 1.54) is 23.7 Å². The smallest absolute Gasteiger partial charge is 0.342 e. The summed E-state index contributed by atoms with van der Waals surface area (Å²) in [6.07, 6.45) is 0.881. The molecule has 1 unspecified atom stereocenters. The topological polar surface area (TPSA) is 107 Å². The summed E-state index contributed by atoms with van der Waals surface area (Å²) in [5.41, 5.74) is 3.99. The first-order chi connectivity index (χ1) is 18.0. The van der Waals surface area contributed by atoms with E-state index in [0.717, 1.165) is 40.0 Å². The van der Waals surface area contributed by atoms with Crippen LogP contribution < -0.4 is 4.74 Å². The van der Waals surface area contributed by atoms with E-state index in [0.29, 0.717) is 28.8 Å². The fraction of sp³-hybridized carbons (Fsp3) is 0.192. The van der Waals surface area contributed by atoms with E-state index in [4.69, 9.17) is 9.47 Å². The molecule has 0 aliphatic carbocycles. The van der Waals surface area contributed by atoms with Crippen LogP contribution in [0.3, 0.4) is 0 Å². The maximum Gasteiger partial charge on any atom is 0.342 e. The Hall–Kier alpha value is -3.80. The van der Waals surface area contributed by atoms with Gasteiger partial charge in [0.2, 0.25) is 0 Å². The van der Waals surface area contributed by atoms with E-state index >= 15 is 0 Å². The van der Waals surface area contributed by atoms with Gasteiger partial charge in [-0.3, -0.25) is 0 Å². The molecule has 186 valence electrons. The van der Waals surface area contributed by atoms with Crippen LogP contribution in [0.2, 0.25) is 0 Å². The van der Waals surface area contributed by atoms with Crippen LogP contribution in [0.25, 0.3) is 26.8 Å². The number of esters is 1. The second-order valence-corrected chi connectivity index (χ2v) is 9.91. The number of rotatable bonds is 7. The number of nitrogens with zero attached hydrogens (tertiary/aromatic N) is 4. The number of halogens is 1. The summed E-state index contributed by atoms with van der Waals surface area (Å²) >= 11 is 2.32. The van der Waals surface area contributed by atoms with Crippen molar-refractivity contribution in [3.05, 3.63) is 82.7 Å². The molecule has 3 heterocycles. The van der Waals surface area contributed by atoms with Gasteiger partial charge in [0, 0.05) is 17.6 Å². The Labute approximate surface area is 218 Å². The highest BCUT2D eigenvalue weighted by atomic mass is 32.1. The summed E-state index contributed by atoms with van der Waals surface area (Å²) in [6.45, 7) is 2.28. The van der Waals surface area contributed by atoms with Crippen molar-refractivity contribution < 1.29 is 23.8 Å². The summed E-state index contributed by atoms with van der Waals surface area (Å²) in [5.74, 6) is -3.50. The fourth-order valence-corrected chi connectivity index (χ4v) is 5.53. The lowest BCUT2D eigenvalue weighted by Crippen LogP contribution is -2.30. The van der Waals surface area contributed by atoms with Crippen molar-refractivity contribution >= 4 is 56.1 Å². The van der Waals surface area contributed by atoms with E-state index in [9.17, 15) is 14.3 Å². The number of carbonyl (C=O) groups excluding carboxylic acids is 1. The SMILES string of the molecule is CCCOc1ccc(C2(O)OC(=O)C(c3ccc4nsnc4c3)=C2Cc2ccc3nnsc3c2)cc1F. The van der Waals surface area contributed by atoms with Gasteiger partial charge < -0.3 is 14.6 Å².